The van der Waals surface area contributed by atoms with Gasteiger partial charge in [0.1, 0.15) is 16.1 Å². The summed E-state index contributed by atoms with van der Waals surface area (Å²) in [6, 6.07) is 20.0. The van der Waals surface area contributed by atoms with Crippen molar-refractivity contribution in [3.8, 4) is 0 Å². The minimum Gasteiger partial charge on any atom is -0.347 e. The number of ether oxygens (including phenoxy) is 1. The zero-order valence-corrected chi connectivity index (χ0v) is 22.5. The van der Waals surface area contributed by atoms with Crippen LogP contribution < -0.4 is 10.6 Å². The molecule has 37 heavy (non-hydrogen) atoms. The summed E-state index contributed by atoms with van der Waals surface area (Å²) < 4.78 is 5.77. The van der Waals surface area contributed by atoms with Crippen molar-refractivity contribution in [1.29, 1.82) is 0 Å². The van der Waals surface area contributed by atoms with Crippen LogP contribution in [0.15, 0.2) is 60.7 Å². The molecular weight excluding hydrogens is 504 g/mol. The molecule has 2 N–H and O–H groups in total. The third-order valence-electron chi connectivity index (χ3n) is 6.34. The van der Waals surface area contributed by atoms with Gasteiger partial charge in [-0.25, -0.2) is 0 Å². The Labute approximate surface area is 224 Å². The number of hydrogen-bond acceptors (Lipinski definition) is 9. The van der Waals surface area contributed by atoms with Crippen LogP contribution in [0.2, 0.25) is 0 Å². The van der Waals surface area contributed by atoms with Gasteiger partial charge in [0.2, 0.25) is 16.2 Å². The molecule has 4 unspecified atom stereocenters. The first-order valence-corrected chi connectivity index (χ1v) is 14.1. The Morgan fingerprint density at radius 3 is 2.05 bits per heavy atom. The normalized spacial score (nSPS) is 18.2. The van der Waals surface area contributed by atoms with E-state index in [0.717, 1.165) is 40.0 Å². The molecule has 0 bridgehead atoms. The molecule has 0 saturated carbocycles. The Kier molecular flexibility index (Phi) is 8.18. The van der Waals surface area contributed by atoms with Crippen molar-refractivity contribution in [2.75, 3.05) is 10.6 Å². The van der Waals surface area contributed by atoms with Gasteiger partial charge in [0.05, 0.1) is 6.42 Å². The van der Waals surface area contributed by atoms with Crippen molar-refractivity contribution in [2.24, 2.45) is 0 Å². The van der Waals surface area contributed by atoms with Gasteiger partial charge in [-0.05, 0) is 24.0 Å². The molecule has 1 fully saturated rings. The summed E-state index contributed by atoms with van der Waals surface area (Å²) in [5.41, 5.74) is 2.24. The lowest BCUT2D eigenvalue weighted by molar-refractivity contribution is -0.115. The Morgan fingerprint density at radius 2 is 1.41 bits per heavy atom. The Balaban J connectivity index is 1.05. The molecule has 2 aromatic heterocycles. The average Bonchev–Trinajstić information content (AvgIpc) is 3.25. The van der Waals surface area contributed by atoms with Gasteiger partial charge in [0.15, 0.2) is 6.23 Å². The van der Waals surface area contributed by atoms with Gasteiger partial charge in [-0.3, -0.25) is 4.79 Å². The largest absolute Gasteiger partial charge is 0.347 e. The van der Waals surface area contributed by atoms with Gasteiger partial charge in [-0.2, -0.15) is 0 Å². The molecule has 1 saturated heterocycles. The van der Waals surface area contributed by atoms with Gasteiger partial charge < -0.3 is 15.4 Å². The van der Waals surface area contributed by atoms with Crippen LogP contribution in [0.1, 0.15) is 59.7 Å². The average molecular weight is 535 g/mol. The highest BCUT2D eigenvalue weighted by Gasteiger charge is 2.39. The van der Waals surface area contributed by atoms with Gasteiger partial charge in [0.25, 0.3) is 0 Å². The zero-order chi connectivity index (χ0) is 25.6. The monoisotopic (exact) mass is 534 g/mol. The molecule has 1 amide bonds. The number of rotatable bonds is 12. The van der Waals surface area contributed by atoms with Crippen molar-refractivity contribution < 1.29 is 9.53 Å². The summed E-state index contributed by atoms with van der Waals surface area (Å²) in [5, 5.41) is 26.7. The fourth-order valence-electron chi connectivity index (χ4n) is 4.06. The van der Waals surface area contributed by atoms with E-state index in [0.29, 0.717) is 11.6 Å². The molecule has 2 aromatic carbocycles. The molecule has 0 aliphatic carbocycles. The predicted molar refractivity (Wildman–Crippen MR) is 147 cm³/mol. The first-order valence-electron chi connectivity index (χ1n) is 12.5. The fraction of sp³-hybridized carbons (Fsp3) is 0.370. The minimum atomic E-state index is -0.0844. The molecule has 8 nitrogen and oxygen atoms in total. The number of nitrogens with zero attached hydrogens (tertiary/aromatic N) is 4. The van der Waals surface area contributed by atoms with E-state index >= 15 is 0 Å². The summed E-state index contributed by atoms with van der Waals surface area (Å²) in [6.45, 7) is 4.32. The van der Waals surface area contributed by atoms with Gasteiger partial charge in [0, 0.05) is 18.3 Å². The van der Waals surface area contributed by atoms with E-state index in [1.807, 2.05) is 36.4 Å². The molecule has 1 aliphatic rings. The minimum absolute atomic E-state index is 0.00360. The van der Waals surface area contributed by atoms with E-state index in [1.54, 1.807) is 11.3 Å². The van der Waals surface area contributed by atoms with E-state index in [4.69, 9.17) is 4.74 Å². The van der Waals surface area contributed by atoms with Gasteiger partial charge >= 0.3 is 0 Å². The number of aromatic nitrogens is 4. The molecule has 3 heterocycles. The predicted octanol–water partition coefficient (Wildman–Crippen LogP) is 5.64. The van der Waals surface area contributed by atoms with Crippen molar-refractivity contribution in [2.45, 2.75) is 63.7 Å². The van der Waals surface area contributed by atoms with Crippen LogP contribution in [0.25, 0.3) is 0 Å². The number of carbonyl (C=O) groups excluding carboxylic acids is 1. The SMILES string of the molecule is CC(CCC(C)c1nnc(NC2OC2Cc2ccccc2)s1)c1nnc(NC(=O)Cc2ccccc2)s1. The Hall–Kier alpha value is -3.21. The van der Waals surface area contributed by atoms with E-state index in [-0.39, 0.29) is 30.1 Å². The number of amides is 1. The fourth-order valence-corrected chi connectivity index (χ4v) is 5.76. The summed E-state index contributed by atoms with van der Waals surface area (Å²) in [7, 11) is 0. The van der Waals surface area contributed by atoms with Crippen molar-refractivity contribution in [3.63, 3.8) is 0 Å². The second-order valence-corrected chi connectivity index (χ2v) is 11.4. The quantitative estimate of drug-likeness (QED) is 0.227. The smallest absolute Gasteiger partial charge is 0.230 e. The molecule has 1 aliphatic heterocycles. The maximum absolute atomic E-state index is 12.3. The maximum atomic E-state index is 12.3. The Bertz CT molecular complexity index is 1300. The lowest BCUT2D eigenvalue weighted by atomic mass is 9.99. The number of nitrogens with one attached hydrogen (secondary N) is 2. The number of benzene rings is 2. The molecule has 0 spiro atoms. The van der Waals surface area contributed by atoms with Crippen LogP contribution in [-0.4, -0.2) is 38.6 Å². The lowest BCUT2D eigenvalue weighted by Gasteiger charge is -2.11. The van der Waals surface area contributed by atoms with Crippen LogP contribution in [0.5, 0.6) is 0 Å². The summed E-state index contributed by atoms with van der Waals surface area (Å²) in [6.07, 6.45) is 3.29. The summed E-state index contributed by atoms with van der Waals surface area (Å²) in [4.78, 5) is 12.3. The van der Waals surface area contributed by atoms with Gasteiger partial charge in [-0.15, -0.1) is 20.4 Å². The lowest BCUT2D eigenvalue weighted by Crippen LogP contribution is -2.14. The highest BCUT2D eigenvalue weighted by atomic mass is 32.1. The third kappa shape index (κ3) is 7.18. The molecule has 192 valence electrons. The standard InChI is InChI=1S/C27H30N6O2S2/c1-17(24-30-32-26(36-24)28-22(34)16-20-11-7-4-8-12-20)13-14-18(2)25-31-33-27(37-25)29-23-21(35-23)15-19-9-5-3-6-10-19/h3-12,17-18,21,23H,13-16H2,1-2H3,(H,29,33)(H,28,32,34). The molecule has 10 heteroatoms. The number of anilines is 2. The highest BCUT2D eigenvalue weighted by molar-refractivity contribution is 7.15. The van der Waals surface area contributed by atoms with E-state index < -0.39 is 0 Å². The summed E-state index contributed by atoms with van der Waals surface area (Å²) >= 11 is 3.03. The molecule has 5 rings (SSSR count). The van der Waals surface area contributed by atoms with Crippen molar-refractivity contribution >= 4 is 38.8 Å². The van der Waals surface area contributed by atoms with Crippen LogP contribution >= 0.6 is 22.7 Å². The maximum Gasteiger partial charge on any atom is 0.230 e. The third-order valence-corrected chi connectivity index (χ3v) is 8.50. The first kappa shape index (κ1) is 25.4. The van der Waals surface area contributed by atoms with Crippen LogP contribution in [0.3, 0.4) is 0 Å². The van der Waals surface area contributed by atoms with Crippen LogP contribution in [0, 0.1) is 0 Å². The van der Waals surface area contributed by atoms with E-state index in [2.05, 4.69) is 69.1 Å². The van der Waals surface area contributed by atoms with Gasteiger partial charge in [-0.1, -0.05) is 97.2 Å². The van der Waals surface area contributed by atoms with E-state index in [1.165, 1.54) is 16.9 Å². The van der Waals surface area contributed by atoms with Crippen LogP contribution in [-0.2, 0) is 22.4 Å². The second-order valence-electron chi connectivity index (χ2n) is 9.41. The molecule has 4 atom stereocenters. The topological polar surface area (TPSA) is 105 Å². The second kappa shape index (κ2) is 11.9. The molecule has 0 radical (unpaired) electrons. The molecular formula is C27H30N6O2S2. The summed E-state index contributed by atoms with van der Waals surface area (Å²) in [5.74, 6) is 0.441. The van der Waals surface area contributed by atoms with E-state index in [9.17, 15) is 4.79 Å². The van der Waals surface area contributed by atoms with Crippen molar-refractivity contribution in [1.82, 2.24) is 20.4 Å². The zero-order valence-electron chi connectivity index (χ0n) is 20.8. The van der Waals surface area contributed by atoms with Crippen LogP contribution in [0.4, 0.5) is 10.3 Å². The number of epoxide rings is 1. The Morgan fingerprint density at radius 1 is 0.838 bits per heavy atom. The highest BCUT2D eigenvalue weighted by Crippen LogP contribution is 2.34. The number of hydrogen-bond donors (Lipinski definition) is 2. The molecule has 4 aromatic rings. The van der Waals surface area contributed by atoms with Crippen molar-refractivity contribution in [3.05, 3.63) is 81.8 Å². The first-order chi connectivity index (χ1) is 18.0. The number of carbonyl (C=O) groups is 1.